The van der Waals surface area contributed by atoms with Crippen molar-refractivity contribution in [2.24, 2.45) is 0 Å². The zero-order chi connectivity index (χ0) is 19.2. The summed E-state index contributed by atoms with van der Waals surface area (Å²) >= 11 is 6.17. The van der Waals surface area contributed by atoms with Crippen molar-refractivity contribution in [2.45, 2.75) is 32.4 Å². The number of piperidine rings is 1. The third-order valence-electron chi connectivity index (χ3n) is 4.54. The van der Waals surface area contributed by atoms with Crippen molar-refractivity contribution in [1.82, 2.24) is 20.0 Å². The van der Waals surface area contributed by atoms with E-state index in [1.54, 1.807) is 28.9 Å². The zero-order valence-electron chi connectivity index (χ0n) is 15.2. The molecule has 3 rings (SSSR count). The summed E-state index contributed by atoms with van der Waals surface area (Å²) in [6.45, 7) is 3.82. The second-order valence-electron chi connectivity index (χ2n) is 6.45. The van der Waals surface area contributed by atoms with Crippen molar-refractivity contribution in [3.05, 3.63) is 52.8 Å². The maximum atomic E-state index is 12.5. The summed E-state index contributed by atoms with van der Waals surface area (Å²) in [6, 6.07) is 7.59. The molecule has 1 fully saturated rings. The first-order valence-electron chi connectivity index (χ1n) is 9.05. The Labute approximate surface area is 163 Å². The first-order chi connectivity index (χ1) is 13.1. The SMILES string of the molecule is CCOC(=O)N1CCC(NC(=O)c2cnn(Cc3ccccc3Cl)c2)CC1. The van der Waals surface area contributed by atoms with E-state index in [1.807, 2.05) is 24.3 Å². The average molecular weight is 391 g/mol. The van der Waals surface area contributed by atoms with Gasteiger partial charge in [-0.3, -0.25) is 9.48 Å². The van der Waals surface area contributed by atoms with Gasteiger partial charge in [0.05, 0.1) is 24.9 Å². The van der Waals surface area contributed by atoms with E-state index in [2.05, 4.69) is 10.4 Å². The van der Waals surface area contributed by atoms with Crippen LogP contribution in [0.25, 0.3) is 0 Å². The minimum Gasteiger partial charge on any atom is -0.450 e. The smallest absolute Gasteiger partial charge is 0.409 e. The largest absolute Gasteiger partial charge is 0.450 e. The summed E-state index contributed by atoms with van der Waals surface area (Å²) in [5.74, 6) is -0.157. The highest BCUT2D eigenvalue weighted by molar-refractivity contribution is 6.31. The Kier molecular flexibility index (Phi) is 6.34. The van der Waals surface area contributed by atoms with Gasteiger partial charge >= 0.3 is 6.09 Å². The number of halogens is 1. The van der Waals surface area contributed by atoms with Crippen molar-refractivity contribution in [2.75, 3.05) is 19.7 Å². The second-order valence-corrected chi connectivity index (χ2v) is 6.86. The van der Waals surface area contributed by atoms with Crippen LogP contribution in [-0.2, 0) is 11.3 Å². The van der Waals surface area contributed by atoms with Gasteiger partial charge in [-0.1, -0.05) is 29.8 Å². The monoisotopic (exact) mass is 390 g/mol. The van der Waals surface area contributed by atoms with Crippen LogP contribution < -0.4 is 5.32 Å². The van der Waals surface area contributed by atoms with Crippen molar-refractivity contribution in [3.8, 4) is 0 Å². The lowest BCUT2D eigenvalue weighted by atomic mass is 10.1. The molecular weight excluding hydrogens is 368 g/mol. The lowest BCUT2D eigenvalue weighted by molar-refractivity contribution is 0.0860. The predicted octanol–water partition coefficient (Wildman–Crippen LogP) is 2.94. The molecule has 144 valence electrons. The number of hydrogen-bond donors (Lipinski definition) is 1. The number of benzene rings is 1. The number of nitrogens with one attached hydrogen (secondary N) is 1. The molecule has 1 saturated heterocycles. The van der Waals surface area contributed by atoms with Gasteiger partial charge in [0.1, 0.15) is 0 Å². The fraction of sp³-hybridized carbons (Fsp3) is 0.421. The molecule has 1 aliphatic rings. The lowest BCUT2D eigenvalue weighted by Gasteiger charge is -2.31. The second kappa shape index (κ2) is 8.90. The van der Waals surface area contributed by atoms with Gasteiger partial charge in [0, 0.05) is 30.4 Å². The normalized spacial score (nSPS) is 14.8. The van der Waals surface area contributed by atoms with Crippen LogP contribution in [0.1, 0.15) is 35.7 Å². The third-order valence-corrected chi connectivity index (χ3v) is 4.91. The van der Waals surface area contributed by atoms with Crippen LogP contribution in [0.5, 0.6) is 0 Å². The molecule has 0 radical (unpaired) electrons. The summed E-state index contributed by atoms with van der Waals surface area (Å²) in [7, 11) is 0. The number of amides is 2. The Balaban J connectivity index is 1.52. The lowest BCUT2D eigenvalue weighted by Crippen LogP contribution is -2.46. The molecule has 8 heteroatoms. The molecule has 2 heterocycles. The van der Waals surface area contributed by atoms with Gasteiger partial charge in [-0.25, -0.2) is 4.79 Å². The van der Waals surface area contributed by atoms with E-state index in [9.17, 15) is 9.59 Å². The van der Waals surface area contributed by atoms with Crippen LogP contribution in [0.4, 0.5) is 4.79 Å². The minimum atomic E-state index is -0.289. The van der Waals surface area contributed by atoms with E-state index in [1.165, 1.54) is 0 Å². The molecule has 1 aliphatic heterocycles. The quantitative estimate of drug-likeness (QED) is 0.851. The Hall–Kier alpha value is -2.54. The minimum absolute atomic E-state index is 0.0371. The zero-order valence-corrected chi connectivity index (χ0v) is 16.0. The van der Waals surface area contributed by atoms with Crippen LogP contribution >= 0.6 is 11.6 Å². The van der Waals surface area contributed by atoms with Crippen LogP contribution in [-0.4, -0.2) is 52.4 Å². The highest BCUT2D eigenvalue weighted by Gasteiger charge is 2.25. The average Bonchev–Trinajstić information content (AvgIpc) is 3.13. The van der Waals surface area contributed by atoms with Gasteiger partial charge in [-0.15, -0.1) is 0 Å². The number of nitrogens with zero attached hydrogens (tertiary/aromatic N) is 3. The Morgan fingerprint density at radius 3 is 2.74 bits per heavy atom. The van der Waals surface area contributed by atoms with E-state index < -0.39 is 0 Å². The standard InChI is InChI=1S/C19H23ClN4O3/c1-2-27-19(26)23-9-7-16(8-10-23)22-18(25)15-11-21-24(13-15)12-14-5-3-4-6-17(14)20/h3-6,11,13,16H,2,7-10,12H2,1H3,(H,22,25). The van der Waals surface area contributed by atoms with Crippen molar-refractivity contribution in [3.63, 3.8) is 0 Å². The molecule has 0 spiro atoms. The number of carbonyl (C=O) groups is 2. The predicted molar refractivity (Wildman–Crippen MR) is 102 cm³/mol. The van der Waals surface area contributed by atoms with Crippen LogP contribution in [0.3, 0.4) is 0 Å². The summed E-state index contributed by atoms with van der Waals surface area (Å²) in [5, 5.41) is 7.94. The first-order valence-corrected chi connectivity index (χ1v) is 9.43. The molecule has 2 aromatic rings. The number of ether oxygens (including phenoxy) is 1. The molecule has 1 aromatic carbocycles. The van der Waals surface area contributed by atoms with E-state index in [4.69, 9.17) is 16.3 Å². The van der Waals surface area contributed by atoms with Crippen LogP contribution in [0.15, 0.2) is 36.7 Å². The first kappa shape index (κ1) is 19.2. The molecule has 0 bridgehead atoms. The number of rotatable bonds is 5. The van der Waals surface area contributed by atoms with E-state index >= 15 is 0 Å². The topological polar surface area (TPSA) is 76.5 Å². The van der Waals surface area contributed by atoms with E-state index in [-0.39, 0.29) is 18.0 Å². The molecular formula is C19H23ClN4O3. The molecule has 1 N–H and O–H groups in total. The summed E-state index contributed by atoms with van der Waals surface area (Å²) in [6.07, 6.45) is 4.39. The molecule has 0 atom stereocenters. The van der Waals surface area contributed by atoms with Crippen LogP contribution in [0, 0.1) is 0 Å². The third kappa shape index (κ3) is 5.01. The summed E-state index contributed by atoms with van der Waals surface area (Å²) < 4.78 is 6.70. The number of likely N-dealkylation sites (tertiary alicyclic amines) is 1. The Bertz CT molecular complexity index is 800. The maximum absolute atomic E-state index is 12.5. The number of hydrogen-bond acceptors (Lipinski definition) is 4. The highest BCUT2D eigenvalue weighted by Crippen LogP contribution is 2.16. The molecule has 1 aromatic heterocycles. The van der Waals surface area contributed by atoms with Gasteiger partial charge < -0.3 is 15.0 Å². The maximum Gasteiger partial charge on any atom is 0.409 e. The molecule has 7 nitrogen and oxygen atoms in total. The van der Waals surface area contributed by atoms with Crippen molar-refractivity contribution in [1.29, 1.82) is 0 Å². The fourth-order valence-electron chi connectivity index (χ4n) is 3.06. The number of aromatic nitrogens is 2. The van der Waals surface area contributed by atoms with Gasteiger partial charge in [0.15, 0.2) is 0 Å². The van der Waals surface area contributed by atoms with E-state index in [0.717, 1.165) is 5.56 Å². The van der Waals surface area contributed by atoms with Crippen molar-refractivity contribution >= 4 is 23.6 Å². The Morgan fingerprint density at radius 1 is 1.30 bits per heavy atom. The Morgan fingerprint density at radius 2 is 2.04 bits per heavy atom. The van der Waals surface area contributed by atoms with Gasteiger partial charge in [0.25, 0.3) is 5.91 Å². The van der Waals surface area contributed by atoms with Crippen LogP contribution in [0.2, 0.25) is 5.02 Å². The van der Waals surface area contributed by atoms with Crippen molar-refractivity contribution < 1.29 is 14.3 Å². The summed E-state index contributed by atoms with van der Waals surface area (Å²) in [4.78, 5) is 25.9. The molecule has 0 aliphatic carbocycles. The molecule has 27 heavy (non-hydrogen) atoms. The van der Waals surface area contributed by atoms with Gasteiger partial charge in [-0.05, 0) is 31.4 Å². The van der Waals surface area contributed by atoms with Gasteiger partial charge in [0.2, 0.25) is 0 Å². The molecule has 2 amide bonds. The molecule has 0 saturated carbocycles. The molecule has 0 unspecified atom stereocenters. The summed E-state index contributed by atoms with van der Waals surface area (Å²) in [5.41, 5.74) is 1.45. The van der Waals surface area contributed by atoms with E-state index in [0.29, 0.717) is 49.7 Å². The van der Waals surface area contributed by atoms with Gasteiger partial charge in [-0.2, -0.15) is 5.10 Å². The highest BCUT2D eigenvalue weighted by atomic mass is 35.5. The number of carbonyl (C=O) groups excluding carboxylic acids is 2. The fourth-order valence-corrected chi connectivity index (χ4v) is 3.25.